The highest BCUT2D eigenvalue weighted by Crippen LogP contribution is 2.30. The third kappa shape index (κ3) is 1.87. The van der Waals surface area contributed by atoms with Gasteiger partial charge in [0.15, 0.2) is 0 Å². The molecule has 0 aliphatic carbocycles. The average Bonchev–Trinajstić information content (AvgIpc) is 2.82. The number of hydrogen-bond donors (Lipinski definition) is 1. The molecule has 3 heteroatoms. The molecular formula is C15H14N2S. The number of nitrogens with two attached hydrogens (primary N) is 1. The fourth-order valence-electron chi connectivity index (χ4n) is 2.46. The summed E-state index contributed by atoms with van der Waals surface area (Å²) in [6.07, 6.45) is 0. The third-order valence-corrected chi connectivity index (χ3v) is 3.57. The van der Waals surface area contributed by atoms with E-state index in [0.717, 1.165) is 24.3 Å². The van der Waals surface area contributed by atoms with Crippen LogP contribution in [0.15, 0.2) is 48.5 Å². The number of hydrogen-bond acceptors (Lipinski definition) is 2. The van der Waals surface area contributed by atoms with Crippen molar-refractivity contribution in [3.63, 3.8) is 0 Å². The zero-order valence-electron chi connectivity index (χ0n) is 9.97. The number of anilines is 1. The Bertz CT molecular complexity index is 582. The van der Waals surface area contributed by atoms with Gasteiger partial charge in [0.25, 0.3) is 0 Å². The molecule has 2 aromatic rings. The van der Waals surface area contributed by atoms with Crippen LogP contribution in [0.4, 0.5) is 5.69 Å². The van der Waals surface area contributed by atoms with Crippen molar-refractivity contribution < 1.29 is 0 Å². The van der Waals surface area contributed by atoms with Crippen LogP contribution in [0.2, 0.25) is 0 Å². The van der Waals surface area contributed by atoms with Crippen LogP contribution in [0.5, 0.6) is 0 Å². The molecule has 0 radical (unpaired) electrons. The summed E-state index contributed by atoms with van der Waals surface area (Å²) in [4.78, 5) is 2.78. The van der Waals surface area contributed by atoms with Crippen molar-refractivity contribution in [2.75, 3.05) is 4.90 Å². The second kappa shape index (κ2) is 4.42. The monoisotopic (exact) mass is 254 g/mol. The van der Waals surface area contributed by atoms with Gasteiger partial charge >= 0.3 is 0 Å². The molecule has 0 atom stereocenters. The van der Waals surface area contributed by atoms with Gasteiger partial charge in [-0.05, 0) is 23.3 Å². The summed E-state index contributed by atoms with van der Waals surface area (Å²) in [7, 11) is 0. The number of fused-ring (bicyclic) bond motifs is 1. The maximum atomic E-state index is 5.79. The molecule has 3 rings (SSSR count). The summed E-state index contributed by atoms with van der Waals surface area (Å²) < 4.78 is 0. The van der Waals surface area contributed by atoms with E-state index in [-0.39, 0.29) is 0 Å². The maximum absolute atomic E-state index is 5.79. The van der Waals surface area contributed by atoms with Crippen molar-refractivity contribution in [3.8, 4) is 0 Å². The van der Waals surface area contributed by atoms with E-state index in [9.17, 15) is 0 Å². The summed E-state index contributed by atoms with van der Waals surface area (Å²) >= 11 is 5.12. The van der Waals surface area contributed by atoms with E-state index in [1.165, 1.54) is 11.1 Å². The van der Waals surface area contributed by atoms with Crippen molar-refractivity contribution in [1.82, 2.24) is 0 Å². The van der Waals surface area contributed by atoms with Crippen LogP contribution in [-0.4, -0.2) is 4.99 Å². The maximum Gasteiger partial charge on any atom is 0.106 e. The zero-order valence-corrected chi connectivity index (χ0v) is 10.8. The molecule has 1 heterocycles. The van der Waals surface area contributed by atoms with Crippen molar-refractivity contribution in [1.29, 1.82) is 0 Å². The lowest BCUT2D eigenvalue weighted by molar-refractivity contribution is 0.879. The lowest BCUT2D eigenvalue weighted by atomic mass is 10.1. The molecule has 0 saturated heterocycles. The summed E-state index contributed by atoms with van der Waals surface area (Å²) in [5.41, 5.74) is 10.6. The minimum absolute atomic E-state index is 0.460. The highest BCUT2D eigenvalue weighted by atomic mass is 32.1. The molecule has 90 valence electrons. The van der Waals surface area contributed by atoms with E-state index in [1.807, 2.05) is 18.2 Å². The van der Waals surface area contributed by atoms with E-state index < -0.39 is 0 Å². The number of thiocarbonyl (C=S) groups is 1. The van der Waals surface area contributed by atoms with Gasteiger partial charge in [-0.1, -0.05) is 48.6 Å². The Kier molecular flexibility index (Phi) is 2.76. The molecule has 0 amide bonds. The Labute approximate surface area is 112 Å². The molecule has 0 unspecified atom stereocenters. The van der Waals surface area contributed by atoms with Gasteiger partial charge in [0.05, 0.1) is 0 Å². The Morgan fingerprint density at radius 1 is 0.944 bits per heavy atom. The van der Waals surface area contributed by atoms with Crippen molar-refractivity contribution in [2.24, 2.45) is 5.73 Å². The lowest BCUT2D eigenvalue weighted by Crippen LogP contribution is -2.20. The van der Waals surface area contributed by atoms with Gasteiger partial charge in [0.2, 0.25) is 0 Å². The van der Waals surface area contributed by atoms with E-state index in [2.05, 4.69) is 35.2 Å². The molecular weight excluding hydrogens is 240 g/mol. The van der Waals surface area contributed by atoms with Crippen LogP contribution in [0.25, 0.3) is 0 Å². The minimum Gasteiger partial charge on any atom is -0.389 e. The average molecular weight is 254 g/mol. The van der Waals surface area contributed by atoms with Gasteiger partial charge in [-0.15, -0.1) is 0 Å². The molecule has 2 aromatic carbocycles. The first-order valence-corrected chi connectivity index (χ1v) is 6.37. The van der Waals surface area contributed by atoms with Crippen molar-refractivity contribution in [3.05, 3.63) is 65.2 Å². The van der Waals surface area contributed by atoms with Crippen molar-refractivity contribution >= 4 is 22.9 Å². The molecule has 2 N–H and O–H groups in total. The summed E-state index contributed by atoms with van der Waals surface area (Å²) in [5, 5.41) is 0. The molecule has 0 spiro atoms. The molecule has 1 aliphatic rings. The normalized spacial score (nSPS) is 13.4. The predicted molar refractivity (Wildman–Crippen MR) is 78.7 cm³/mol. The Morgan fingerprint density at radius 2 is 1.50 bits per heavy atom. The van der Waals surface area contributed by atoms with E-state index in [4.69, 9.17) is 18.0 Å². The fourth-order valence-corrected chi connectivity index (χ4v) is 2.63. The van der Waals surface area contributed by atoms with Gasteiger partial charge in [-0.25, -0.2) is 0 Å². The number of rotatable bonds is 2. The van der Waals surface area contributed by atoms with Crippen LogP contribution < -0.4 is 10.6 Å². The molecule has 0 bridgehead atoms. The second-order valence-electron chi connectivity index (χ2n) is 4.51. The van der Waals surface area contributed by atoms with Gasteiger partial charge < -0.3 is 10.6 Å². The molecule has 18 heavy (non-hydrogen) atoms. The molecule has 0 fully saturated rings. The standard InChI is InChI=1S/C15H14N2S/c16-15(18)13-7-3-4-8-14(13)17-9-11-5-1-2-6-12(11)10-17/h1-8H,9-10H2,(H2,16,18). The van der Waals surface area contributed by atoms with E-state index >= 15 is 0 Å². The van der Waals surface area contributed by atoms with Gasteiger partial charge in [-0.3, -0.25) is 0 Å². The summed E-state index contributed by atoms with van der Waals surface area (Å²) in [6.45, 7) is 1.85. The summed E-state index contributed by atoms with van der Waals surface area (Å²) in [5.74, 6) is 0. The predicted octanol–water partition coefficient (Wildman–Crippen LogP) is 2.84. The fraction of sp³-hybridized carbons (Fsp3) is 0.133. The first kappa shape index (κ1) is 11.2. The lowest BCUT2D eigenvalue weighted by Gasteiger charge is -2.20. The minimum atomic E-state index is 0.460. The number of benzene rings is 2. The highest BCUT2D eigenvalue weighted by molar-refractivity contribution is 7.80. The van der Waals surface area contributed by atoms with Gasteiger partial charge in [0, 0.05) is 24.3 Å². The molecule has 1 aliphatic heterocycles. The number of nitrogens with zero attached hydrogens (tertiary/aromatic N) is 1. The van der Waals surface area contributed by atoms with Crippen LogP contribution in [0.1, 0.15) is 16.7 Å². The van der Waals surface area contributed by atoms with E-state index in [1.54, 1.807) is 0 Å². The Hall–Kier alpha value is -1.87. The first-order valence-electron chi connectivity index (χ1n) is 5.96. The SMILES string of the molecule is NC(=S)c1ccccc1N1Cc2ccccc2C1. The summed E-state index contributed by atoms with van der Waals surface area (Å²) in [6, 6.07) is 16.6. The second-order valence-corrected chi connectivity index (χ2v) is 4.95. The first-order chi connectivity index (χ1) is 8.75. The largest absolute Gasteiger partial charge is 0.389 e. The van der Waals surface area contributed by atoms with Crippen molar-refractivity contribution in [2.45, 2.75) is 13.1 Å². The van der Waals surface area contributed by atoms with Crippen LogP contribution in [0.3, 0.4) is 0 Å². The highest BCUT2D eigenvalue weighted by Gasteiger charge is 2.20. The van der Waals surface area contributed by atoms with Gasteiger partial charge in [0.1, 0.15) is 4.99 Å². The quantitative estimate of drug-likeness (QED) is 0.836. The van der Waals surface area contributed by atoms with E-state index in [0.29, 0.717) is 4.99 Å². The Morgan fingerprint density at radius 3 is 2.11 bits per heavy atom. The molecule has 0 saturated carbocycles. The van der Waals surface area contributed by atoms with Crippen LogP contribution in [0, 0.1) is 0 Å². The van der Waals surface area contributed by atoms with Crippen LogP contribution in [-0.2, 0) is 13.1 Å². The number of para-hydroxylation sites is 1. The third-order valence-electron chi connectivity index (χ3n) is 3.35. The van der Waals surface area contributed by atoms with Gasteiger partial charge in [-0.2, -0.15) is 0 Å². The molecule has 0 aromatic heterocycles. The molecule has 2 nitrogen and oxygen atoms in total. The van der Waals surface area contributed by atoms with Crippen LogP contribution >= 0.6 is 12.2 Å². The zero-order chi connectivity index (χ0) is 12.5. The topological polar surface area (TPSA) is 29.3 Å². The Balaban J connectivity index is 1.98. The smallest absolute Gasteiger partial charge is 0.106 e.